The van der Waals surface area contributed by atoms with Crippen LogP contribution in [0.15, 0.2) is 54.6 Å². The molecule has 2 aliphatic heterocycles. The molecule has 4 rings (SSSR count). The SMILES string of the molecule is CC(C(=O)N1CCc2ccccc2C1)N1CCN(CC(=O)Nc2ccccc2)CC1. The zero-order valence-corrected chi connectivity index (χ0v) is 17.6. The average Bonchev–Trinajstić information content (AvgIpc) is 2.79. The molecule has 0 spiro atoms. The quantitative estimate of drug-likeness (QED) is 0.827. The number of rotatable bonds is 5. The summed E-state index contributed by atoms with van der Waals surface area (Å²) in [5.74, 6) is 0.213. The highest BCUT2D eigenvalue weighted by Crippen LogP contribution is 2.20. The van der Waals surface area contributed by atoms with Gasteiger partial charge in [-0.2, -0.15) is 0 Å². The third-order valence-corrected chi connectivity index (χ3v) is 6.18. The number of anilines is 1. The lowest BCUT2D eigenvalue weighted by Crippen LogP contribution is -2.55. The molecule has 30 heavy (non-hydrogen) atoms. The minimum atomic E-state index is -0.129. The Labute approximate surface area is 178 Å². The number of nitrogens with zero attached hydrogens (tertiary/aromatic N) is 3. The van der Waals surface area contributed by atoms with E-state index in [0.29, 0.717) is 13.1 Å². The number of fused-ring (bicyclic) bond motifs is 1. The number of para-hydroxylation sites is 1. The Bertz CT molecular complexity index is 878. The fourth-order valence-corrected chi connectivity index (χ4v) is 4.34. The number of hydrogen-bond acceptors (Lipinski definition) is 4. The summed E-state index contributed by atoms with van der Waals surface area (Å²) in [6.07, 6.45) is 0.930. The second kappa shape index (κ2) is 9.41. The normalized spacial score (nSPS) is 18.5. The van der Waals surface area contributed by atoms with Crippen molar-refractivity contribution in [1.82, 2.24) is 14.7 Å². The van der Waals surface area contributed by atoms with E-state index in [1.807, 2.05) is 48.2 Å². The van der Waals surface area contributed by atoms with Gasteiger partial charge in [-0.1, -0.05) is 42.5 Å². The first kappa shape index (κ1) is 20.6. The highest BCUT2D eigenvalue weighted by atomic mass is 16.2. The minimum Gasteiger partial charge on any atom is -0.337 e. The Balaban J connectivity index is 1.24. The molecule has 2 aliphatic rings. The Kier molecular flexibility index (Phi) is 6.45. The van der Waals surface area contributed by atoms with Crippen molar-refractivity contribution in [2.75, 3.05) is 44.6 Å². The Morgan fingerprint density at radius 3 is 2.30 bits per heavy atom. The molecule has 2 heterocycles. The maximum atomic E-state index is 13.1. The van der Waals surface area contributed by atoms with Crippen LogP contribution in [0, 0.1) is 0 Å². The van der Waals surface area contributed by atoms with Gasteiger partial charge in [0.1, 0.15) is 0 Å². The molecule has 0 saturated carbocycles. The second-order valence-electron chi connectivity index (χ2n) is 8.18. The lowest BCUT2D eigenvalue weighted by atomic mass is 9.99. The zero-order valence-electron chi connectivity index (χ0n) is 17.6. The van der Waals surface area contributed by atoms with E-state index in [2.05, 4.69) is 33.3 Å². The largest absolute Gasteiger partial charge is 0.337 e. The number of carbonyl (C=O) groups excluding carboxylic acids is 2. The van der Waals surface area contributed by atoms with Gasteiger partial charge in [0, 0.05) is 45.0 Å². The number of hydrogen-bond donors (Lipinski definition) is 1. The maximum Gasteiger partial charge on any atom is 0.239 e. The van der Waals surface area contributed by atoms with Crippen LogP contribution in [0.25, 0.3) is 0 Å². The van der Waals surface area contributed by atoms with Crippen LogP contribution in [0.3, 0.4) is 0 Å². The molecular formula is C24H30N4O2. The predicted molar refractivity (Wildman–Crippen MR) is 118 cm³/mol. The fraction of sp³-hybridized carbons (Fsp3) is 0.417. The summed E-state index contributed by atoms with van der Waals surface area (Å²) in [5.41, 5.74) is 3.44. The van der Waals surface area contributed by atoms with Gasteiger partial charge >= 0.3 is 0 Å². The van der Waals surface area contributed by atoms with Crippen molar-refractivity contribution in [3.63, 3.8) is 0 Å². The van der Waals surface area contributed by atoms with Crippen molar-refractivity contribution in [2.24, 2.45) is 0 Å². The lowest BCUT2D eigenvalue weighted by Gasteiger charge is -2.39. The monoisotopic (exact) mass is 406 g/mol. The molecule has 158 valence electrons. The summed E-state index contributed by atoms with van der Waals surface area (Å²) >= 11 is 0. The van der Waals surface area contributed by atoms with E-state index >= 15 is 0 Å². The third-order valence-electron chi connectivity index (χ3n) is 6.18. The van der Waals surface area contributed by atoms with Gasteiger partial charge in [-0.15, -0.1) is 0 Å². The van der Waals surface area contributed by atoms with Crippen LogP contribution in [0.1, 0.15) is 18.1 Å². The first-order valence-electron chi connectivity index (χ1n) is 10.8. The molecule has 1 saturated heterocycles. The van der Waals surface area contributed by atoms with Crippen molar-refractivity contribution in [2.45, 2.75) is 25.9 Å². The van der Waals surface area contributed by atoms with Gasteiger partial charge in [-0.3, -0.25) is 19.4 Å². The molecule has 1 atom stereocenters. The number of nitrogens with one attached hydrogen (secondary N) is 1. The fourth-order valence-electron chi connectivity index (χ4n) is 4.34. The van der Waals surface area contributed by atoms with Gasteiger partial charge in [-0.25, -0.2) is 0 Å². The molecule has 2 aromatic rings. The van der Waals surface area contributed by atoms with Gasteiger partial charge < -0.3 is 10.2 Å². The first-order chi connectivity index (χ1) is 14.6. The van der Waals surface area contributed by atoms with E-state index in [4.69, 9.17) is 0 Å². The highest BCUT2D eigenvalue weighted by molar-refractivity contribution is 5.92. The van der Waals surface area contributed by atoms with E-state index in [1.54, 1.807) is 0 Å². The van der Waals surface area contributed by atoms with Crippen molar-refractivity contribution < 1.29 is 9.59 Å². The summed E-state index contributed by atoms with van der Waals surface area (Å²) in [6, 6.07) is 17.8. The van der Waals surface area contributed by atoms with E-state index in [9.17, 15) is 9.59 Å². The number of piperazine rings is 1. The zero-order chi connectivity index (χ0) is 20.9. The van der Waals surface area contributed by atoms with Crippen LogP contribution in [-0.4, -0.2) is 71.8 Å². The van der Waals surface area contributed by atoms with Crippen molar-refractivity contribution >= 4 is 17.5 Å². The predicted octanol–water partition coefficient (Wildman–Crippen LogP) is 2.22. The molecule has 6 nitrogen and oxygen atoms in total. The van der Waals surface area contributed by atoms with Gasteiger partial charge in [-0.05, 0) is 36.6 Å². The summed E-state index contributed by atoms with van der Waals surface area (Å²) in [6.45, 7) is 7.09. The van der Waals surface area contributed by atoms with E-state index in [0.717, 1.165) is 44.8 Å². The molecule has 1 fully saturated rings. The summed E-state index contributed by atoms with van der Waals surface area (Å²) < 4.78 is 0. The van der Waals surface area contributed by atoms with E-state index in [-0.39, 0.29) is 17.9 Å². The van der Waals surface area contributed by atoms with Crippen LogP contribution in [0.2, 0.25) is 0 Å². The van der Waals surface area contributed by atoms with Gasteiger partial charge in [0.05, 0.1) is 12.6 Å². The van der Waals surface area contributed by atoms with Gasteiger partial charge in [0.15, 0.2) is 0 Å². The Morgan fingerprint density at radius 1 is 0.900 bits per heavy atom. The molecule has 1 N–H and O–H groups in total. The van der Waals surface area contributed by atoms with Crippen molar-refractivity contribution in [3.05, 3.63) is 65.7 Å². The van der Waals surface area contributed by atoms with Crippen molar-refractivity contribution in [1.29, 1.82) is 0 Å². The minimum absolute atomic E-state index is 0.00533. The van der Waals surface area contributed by atoms with E-state index in [1.165, 1.54) is 11.1 Å². The number of carbonyl (C=O) groups is 2. The average molecular weight is 407 g/mol. The van der Waals surface area contributed by atoms with Gasteiger partial charge in [0.2, 0.25) is 11.8 Å². The number of amides is 2. The Morgan fingerprint density at radius 2 is 1.57 bits per heavy atom. The highest BCUT2D eigenvalue weighted by Gasteiger charge is 2.30. The van der Waals surface area contributed by atoms with Crippen LogP contribution in [0.4, 0.5) is 5.69 Å². The molecule has 0 aliphatic carbocycles. The molecule has 2 amide bonds. The topological polar surface area (TPSA) is 55.9 Å². The molecule has 0 bridgehead atoms. The standard InChI is InChI=1S/C24H30N4O2/c1-19(24(30)28-12-11-20-7-5-6-8-21(20)17-28)27-15-13-26(14-16-27)18-23(29)25-22-9-3-2-4-10-22/h2-10,19H,11-18H2,1H3,(H,25,29). The lowest BCUT2D eigenvalue weighted by molar-refractivity contribution is -0.138. The molecule has 1 unspecified atom stereocenters. The van der Waals surface area contributed by atoms with Crippen LogP contribution >= 0.6 is 0 Å². The smallest absolute Gasteiger partial charge is 0.239 e. The first-order valence-corrected chi connectivity index (χ1v) is 10.8. The van der Waals surface area contributed by atoms with Gasteiger partial charge in [0.25, 0.3) is 0 Å². The van der Waals surface area contributed by atoms with Crippen LogP contribution < -0.4 is 5.32 Å². The second-order valence-corrected chi connectivity index (χ2v) is 8.18. The molecule has 0 aromatic heterocycles. The molecule has 2 aromatic carbocycles. The Hall–Kier alpha value is -2.70. The van der Waals surface area contributed by atoms with Crippen LogP contribution in [-0.2, 0) is 22.6 Å². The van der Waals surface area contributed by atoms with Crippen LogP contribution in [0.5, 0.6) is 0 Å². The molecule has 0 radical (unpaired) electrons. The summed E-state index contributed by atoms with van der Waals surface area (Å²) in [7, 11) is 0. The molecular weight excluding hydrogens is 376 g/mol. The molecule has 6 heteroatoms. The number of benzene rings is 2. The summed E-state index contributed by atoms with van der Waals surface area (Å²) in [4.78, 5) is 31.8. The van der Waals surface area contributed by atoms with E-state index < -0.39 is 0 Å². The van der Waals surface area contributed by atoms with Crippen molar-refractivity contribution in [3.8, 4) is 0 Å². The maximum absolute atomic E-state index is 13.1. The summed E-state index contributed by atoms with van der Waals surface area (Å²) in [5, 5.41) is 2.94. The third kappa shape index (κ3) is 4.89.